The quantitative estimate of drug-likeness (QED) is 0.847. The van der Waals surface area contributed by atoms with E-state index in [2.05, 4.69) is 17.2 Å². The highest BCUT2D eigenvalue weighted by atomic mass is 32.1. The average Bonchev–Trinajstić information content (AvgIpc) is 2.88. The van der Waals surface area contributed by atoms with Gasteiger partial charge in [0.05, 0.1) is 11.1 Å². The molecule has 1 saturated heterocycles. The van der Waals surface area contributed by atoms with Gasteiger partial charge < -0.3 is 10.1 Å². The summed E-state index contributed by atoms with van der Waals surface area (Å²) < 4.78 is 5.90. The summed E-state index contributed by atoms with van der Waals surface area (Å²) in [4.78, 5) is 4.38. The number of rotatable bonds is 6. The number of nitrogens with zero attached hydrogens (tertiary/aromatic N) is 1. The van der Waals surface area contributed by atoms with Crippen LogP contribution in [0.3, 0.4) is 0 Å². The molecule has 1 N–H and O–H groups in total. The summed E-state index contributed by atoms with van der Waals surface area (Å²) in [5.74, 6) is 0. The molecule has 0 amide bonds. The summed E-state index contributed by atoms with van der Waals surface area (Å²) >= 11 is 1.74. The second kappa shape index (κ2) is 7.09. The fourth-order valence-corrected chi connectivity index (χ4v) is 2.97. The van der Waals surface area contributed by atoms with Crippen molar-refractivity contribution in [1.29, 1.82) is 0 Å². The molecular formula is C13H22N2OS. The SMILES string of the molecule is CCCNC(Cc1nccs1)C1CCCCO1. The molecule has 1 aromatic heterocycles. The third kappa shape index (κ3) is 4.05. The van der Waals surface area contributed by atoms with Gasteiger partial charge in [0.1, 0.15) is 0 Å². The first-order valence-corrected chi connectivity index (χ1v) is 7.51. The van der Waals surface area contributed by atoms with Gasteiger partial charge >= 0.3 is 0 Å². The molecule has 2 unspecified atom stereocenters. The van der Waals surface area contributed by atoms with E-state index >= 15 is 0 Å². The Labute approximate surface area is 108 Å². The predicted octanol–water partition coefficient (Wildman–Crippen LogP) is 2.62. The van der Waals surface area contributed by atoms with Crippen molar-refractivity contribution < 1.29 is 4.74 Å². The molecule has 2 atom stereocenters. The van der Waals surface area contributed by atoms with Gasteiger partial charge in [0.2, 0.25) is 0 Å². The molecule has 17 heavy (non-hydrogen) atoms. The smallest absolute Gasteiger partial charge is 0.0941 e. The van der Waals surface area contributed by atoms with Crippen LogP contribution in [-0.2, 0) is 11.2 Å². The molecular weight excluding hydrogens is 232 g/mol. The van der Waals surface area contributed by atoms with Gasteiger partial charge in [-0.05, 0) is 32.2 Å². The average molecular weight is 254 g/mol. The van der Waals surface area contributed by atoms with Crippen LogP contribution in [0.2, 0.25) is 0 Å². The topological polar surface area (TPSA) is 34.2 Å². The van der Waals surface area contributed by atoms with Crippen LogP contribution < -0.4 is 5.32 Å². The molecule has 0 saturated carbocycles. The van der Waals surface area contributed by atoms with E-state index in [0.29, 0.717) is 12.1 Å². The normalized spacial score (nSPS) is 22.5. The van der Waals surface area contributed by atoms with Crippen LogP contribution in [-0.4, -0.2) is 30.3 Å². The van der Waals surface area contributed by atoms with E-state index in [1.54, 1.807) is 11.3 Å². The molecule has 2 heterocycles. The van der Waals surface area contributed by atoms with Crippen LogP contribution in [0.25, 0.3) is 0 Å². The highest BCUT2D eigenvalue weighted by Crippen LogP contribution is 2.19. The summed E-state index contributed by atoms with van der Waals surface area (Å²) in [7, 11) is 0. The van der Waals surface area contributed by atoms with Gasteiger partial charge in [0.15, 0.2) is 0 Å². The van der Waals surface area contributed by atoms with E-state index in [0.717, 1.165) is 19.6 Å². The van der Waals surface area contributed by atoms with E-state index in [1.165, 1.54) is 30.7 Å². The molecule has 1 aliphatic heterocycles. The molecule has 96 valence electrons. The summed E-state index contributed by atoms with van der Waals surface area (Å²) in [6.07, 6.45) is 8.13. The Balaban J connectivity index is 1.91. The van der Waals surface area contributed by atoms with Crippen molar-refractivity contribution in [2.45, 2.75) is 51.2 Å². The molecule has 4 heteroatoms. The first-order valence-electron chi connectivity index (χ1n) is 6.63. The Morgan fingerprint density at radius 2 is 2.53 bits per heavy atom. The summed E-state index contributed by atoms with van der Waals surface area (Å²) in [6.45, 7) is 4.19. The van der Waals surface area contributed by atoms with E-state index < -0.39 is 0 Å². The third-order valence-electron chi connectivity index (χ3n) is 3.20. The first-order chi connectivity index (χ1) is 8.40. The van der Waals surface area contributed by atoms with Gasteiger partial charge in [0, 0.05) is 30.6 Å². The molecule has 0 aliphatic carbocycles. The minimum absolute atomic E-state index is 0.374. The molecule has 0 radical (unpaired) electrons. The maximum Gasteiger partial charge on any atom is 0.0941 e. The number of hydrogen-bond donors (Lipinski definition) is 1. The van der Waals surface area contributed by atoms with Gasteiger partial charge in [-0.25, -0.2) is 4.98 Å². The number of nitrogens with one attached hydrogen (secondary N) is 1. The van der Waals surface area contributed by atoms with Crippen molar-refractivity contribution in [3.05, 3.63) is 16.6 Å². The summed E-state index contributed by atoms with van der Waals surface area (Å²) in [5.41, 5.74) is 0. The third-order valence-corrected chi connectivity index (χ3v) is 4.00. The Morgan fingerprint density at radius 3 is 3.18 bits per heavy atom. The van der Waals surface area contributed by atoms with Crippen molar-refractivity contribution >= 4 is 11.3 Å². The molecule has 3 nitrogen and oxygen atoms in total. The van der Waals surface area contributed by atoms with E-state index in [-0.39, 0.29) is 0 Å². The number of thiazole rings is 1. The van der Waals surface area contributed by atoms with Gasteiger partial charge in [-0.15, -0.1) is 11.3 Å². The number of ether oxygens (including phenoxy) is 1. The Kier molecular flexibility index (Phi) is 5.42. The minimum atomic E-state index is 0.374. The molecule has 0 aromatic carbocycles. The fraction of sp³-hybridized carbons (Fsp3) is 0.769. The second-order valence-electron chi connectivity index (χ2n) is 4.60. The Hall–Kier alpha value is -0.450. The predicted molar refractivity (Wildman–Crippen MR) is 71.5 cm³/mol. The first kappa shape index (κ1) is 13.0. The molecule has 1 aliphatic rings. The van der Waals surface area contributed by atoms with Crippen molar-refractivity contribution in [2.24, 2.45) is 0 Å². The highest BCUT2D eigenvalue weighted by Gasteiger charge is 2.24. The van der Waals surface area contributed by atoms with Crippen LogP contribution in [0, 0.1) is 0 Å². The van der Waals surface area contributed by atoms with Crippen LogP contribution in [0.4, 0.5) is 0 Å². The van der Waals surface area contributed by atoms with Crippen molar-refractivity contribution in [1.82, 2.24) is 10.3 Å². The van der Waals surface area contributed by atoms with Crippen LogP contribution in [0.15, 0.2) is 11.6 Å². The zero-order valence-electron chi connectivity index (χ0n) is 10.5. The van der Waals surface area contributed by atoms with Crippen molar-refractivity contribution in [2.75, 3.05) is 13.2 Å². The maximum absolute atomic E-state index is 5.90. The van der Waals surface area contributed by atoms with E-state index in [9.17, 15) is 0 Å². The minimum Gasteiger partial charge on any atom is -0.377 e. The van der Waals surface area contributed by atoms with Gasteiger partial charge in [-0.3, -0.25) is 0 Å². The summed E-state index contributed by atoms with van der Waals surface area (Å²) in [5, 5.41) is 6.88. The zero-order chi connectivity index (χ0) is 11.9. The van der Waals surface area contributed by atoms with Crippen LogP contribution >= 0.6 is 11.3 Å². The lowest BCUT2D eigenvalue weighted by Crippen LogP contribution is -2.44. The van der Waals surface area contributed by atoms with Crippen molar-refractivity contribution in [3.63, 3.8) is 0 Å². The largest absolute Gasteiger partial charge is 0.377 e. The Bertz CT molecular complexity index is 296. The van der Waals surface area contributed by atoms with Crippen molar-refractivity contribution in [3.8, 4) is 0 Å². The Morgan fingerprint density at radius 1 is 1.59 bits per heavy atom. The standard InChI is InChI=1S/C13H22N2OS/c1-2-6-14-11(10-13-15-7-9-17-13)12-5-3-4-8-16-12/h7,9,11-12,14H,2-6,8,10H2,1H3. The molecule has 2 rings (SSSR count). The van der Waals surface area contributed by atoms with Crippen LogP contribution in [0.5, 0.6) is 0 Å². The van der Waals surface area contributed by atoms with Gasteiger partial charge in [-0.2, -0.15) is 0 Å². The van der Waals surface area contributed by atoms with Gasteiger partial charge in [0.25, 0.3) is 0 Å². The lowest BCUT2D eigenvalue weighted by molar-refractivity contribution is -0.00738. The molecule has 0 spiro atoms. The fourth-order valence-electron chi connectivity index (χ4n) is 2.29. The molecule has 1 aromatic rings. The zero-order valence-corrected chi connectivity index (χ0v) is 11.3. The number of aromatic nitrogens is 1. The second-order valence-corrected chi connectivity index (χ2v) is 5.57. The lowest BCUT2D eigenvalue weighted by Gasteiger charge is -2.30. The monoisotopic (exact) mass is 254 g/mol. The van der Waals surface area contributed by atoms with E-state index in [1.807, 2.05) is 11.6 Å². The summed E-state index contributed by atoms with van der Waals surface area (Å²) in [6, 6.07) is 0.432. The molecule has 0 bridgehead atoms. The molecule has 1 fully saturated rings. The maximum atomic E-state index is 5.90. The highest BCUT2D eigenvalue weighted by molar-refractivity contribution is 7.09. The van der Waals surface area contributed by atoms with Gasteiger partial charge in [-0.1, -0.05) is 6.92 Å². The van der Waals surface area contributed by atoms with E-state index in [4.69, 9.17) is 4.74 Å². The van der Waals surface area contributed by atoms with Crippen LogP contribution in [0.1, 0.15) is 37.6 Å². The number of hydrogen-bond acceptors (Lipinski definition) is 4. The lowest BCUT2D eigenvalue weighted by atomic mass is 9.99.